The van der Waals surface area contributed by atoms with Gasteiger partial charge in [-0.25, -0.2) is 0 Å². The van der Waals surface area contributed by atoms with Crippen molar-refractivity contribution < 1.29 is 0 Å². The van der Waals surface area contributed by atoms with Crippen molar-refractivity contribution in [2.45, 2.75) is 11.8 Å². The molecule has 2 heterocycles. The molecule has 1 unspecified atom stereocenters. The van der Waals surface area contributed by atoms with E-state index in [0.29, 0.717) is 0 Å². The SMILES string of the molecule is ClC(Cc1ccc(Br)cc1)c1cc2sccc2s1. The first-order valence-corrected chi connectivity index (χ1v) is 8.50. The number of halogens is 2. The van der Waals surface area contributed by atoms with E-state index in [-0.39, 0.29) is 5.38 Å². The maximum absolute atomic E-state index is 6.51. The highest BCUT2D eigenvalue weighted by Crippen LogP contribution is 2.37. The Morgan fingerprint density at radius 2 is 1.89 bits per heavy atom. The van der Waals surface area contributed by atoms with Crippen LogP contribution >= 0.6 is 50.2 Å². The van der Waals surface area contributed by atoms with Crippen molar-refractivity contribution in [1.82, 2.24) is 0 Å². The van der Waals surface area contributed by atoms with Crippen molar-refractivity contribution in [3.63, 3.8) is 0 Å². The van der Waals surface area contributed by atoms with Crippen LogP contribution in [0.4, 0.5) is 0 Å². The molecule has 0 radical (unpaired) electrons. The summed E-state index contributed by atoms with van der Waals surface area (Å²) in [5.74, 6) is 0. The molecule has 18 heavy (non-hydrogen) atoms. The standard InChI is InChI=1S/C14H10BrClS2/c15-10-3-1-9(2-4-10)7-11(16)13-8-14-12(18-13)5-6-17-14/h1-6,8,11H,7H2. The fraction of sp³-hybridized carbons (Fsp3) is 0.143. The second-order valence-electron chi connectivity index (χ2n) is 4.10. The maximum atomic E-state index is 6.51. The molecule has 1 atom stereocenters. The Bertz CT molecular complexity index is 625. The first-order valence-electron chi connectivity index (χ1n) is 5.58. The molecule has 0 spiro atoms. The van der Waals surface area contributed by atoms with Crippen molar-refractivity contribution >= 4 is 59.6 Å². The predicted molar refractivity (Wildman–Crippen MR) is 86.1 cm³/mol. The third-order valence-corrected chi connectivity index (χ3v) is 6.05. The smallest absolute Gasteiger partial charge is 0.0719 e. The van der Waals surface area contributed by atoms with E-state index in [0.717, 1.165) is 10.9 Å². The lowest BCUT2D eigenvalue weighted by atomic mass is 10.1. The fourth-order valence-electron chi connectivity index (χ4n) is 1.87. The van der Waals surface area contributed by atoms with Crippen molar-refractivity contribution in [3.05, 3.63) is 56.7 Å². The number of benzene rings is 1. The van der Waals surface area contributed by atoms with Crippen LogP contribution in [0.1, 0.15) is 15.8 Å². The van der Waals surface area contributed by atoms with Crippen molar-refractivity contribution in [2.75, 3.05) is 0 Å². The summed E-state index contributed by atoms with van der Waals surface area (Å²) < 4.78 is 3.79. The summed E-state index contributed by atoms with van der Waals surface area (Å²) in [5.41, 5.74) is 1.27. The second kappa shape index (κ2) is 5.33. The van der Waals surface area contributed by atoms with Gasteiger partial charge in [0.2, 0.25) is 0 Å². The largest absolute Gasteiger partial charge is 0.143 e. The number of thiophene rings is 2. The summed E-state index contributed by atoms with van der Waals surface area (Å²) in [6, 6.07) is 12.8. The molecule has 92 valence electrons. The molecule has 2 aromatic heterocycles. The van der Waals surface area contributed by atoms with E-state index >= 15 is 0 Å². The summed E-state index contributed by atoms with van der Waals surface area (Å²) in [7, 11) is 0. The molecule has 0 bridgehead atoms. The molecule has 0 nitrogen and oxygen atoms in total. The quantitative estimate of drug-likeness (QED) is 0.486. The van der Waals surface area contributed by atoms with Crippen LogP contribution in [0.5, 0.6) is 0 Å². The highest BCUT2D eigenvalue weighted by Gasteiger charge is 2.13. The van der Waals surface area contributed by atoms with Crippen LogP contribution in [0.25, 0.3) is 9.40 Å². The Labute approximate surface area is 127 Å². The lowest BCUT2D eigenvalue weighted by molar-refractivity contribution is 0.940. The molecular weight excluding hydrogens is 348 g/mol. The minimum Gasteiger partial charge on any atom is -0.143 e. The zero-order valence-corrected chi connectivity index (χ0v) is 13.4. The van der Waals surface area contributed by atoms with Gasteiger partial charge in [-0.3, -0.25) is 0 Å². The number of fused-ring (bicyclic) bond motifs is 1. The summed E-state index contributed by atoms with van der Waals surface area (Å²) in [5, 5.41) is 2.19. The number of hydrogen-bond acceptors (Lipinski definition) is 2. The molecule has 0 aliphatic heterocycles. The third kappa shape index (κ3) is 2.64. The van der Waals surface area contributed by atoms with Crippen LogP contribution in [0.3, 0.4) is 0 Å². The summed E-state index contributed by atoms with van der Waals surface area (Å²) in [6.07, 6.45) is 0.878. The van der Waals surface area contributed by atoms with Crippen LogP contribution in [-0.2, 0) is 6.42 Å². The van der Waals surface area contributed by atoms with E-state index in [2.05, 4.69) is 57.7 Å². The van der Waals surface area contributed by atoms with Crippen LogP contribution in [-0.4, -0.2) is 0 Å². The molecule has 0 amide bonds. The second-order valence-corrected chi connectivity index (χ2v) is 7.60. The monoisotopic (exact) mass is 356 g/mol. The molecule has 3 rings (SSSR count). The average Bonchev–Trinajstić information content (AvgIpc) is 2.92. The molecule has 0 N–H and O–H groups in total. The number of rotatable bonds is 3. The van der Waals surface area contributed by atoms with Gasteiger partial charge in [-0.2, -0.15) is 0 Å². The van der Waals surface area contributed by atoms with Crippen molar-refractivity contribution in [2.24, 2.45) is 0 Å². The number of hydrogen-bond donors (Lipinski definition) is 0. The first-order chi connectivity index (χ1) is 8.72. The van der Waals surface area contributed by atoms with Crippen molar-refractivity contribution in [1.29, 1.82) is 0 Å². The van der Waals surface area contributed by atoms with Crippen LogP contribution in [0.2, 0.25) is 0 Å². The lowest BCUT2D eigenvalue weighted by Crippen LogP contribution is -1.92. The minimum absolute atomic E-state index is 0.0655. The molecule has 0 aliphatic carbocycles. The maximum Gasteiger partial charge on any atom is 0.0719 e. The summed E-state index contributed by atoms with van der Waals surface area (Å²) in [6.45, 7) is 0. The Kier molecular flexibility index (Phi) is 3.76. The molecule has 1 aromatic carbocycles. The van der Waals surface area contributed by atoms with Crippen molar-refractivity contribution in [3.8, 4) is 0 Å². The van der Waals surface area contributed by atoms with Gasteiger partial charge in [-0.05, 0) is 41.6 Å². The topological polar surface area (TPSA) is 0 Å². The van der Waals surface area contributed by atoms with E-state index in [1.54, 1.807) is 22.7 Å². The van der Waals surface area contributed by atoms with Crippen LogP contribution in [0.15, 0.2) is 46.3 Å². The van der Waals surface area contributed by atoms with Gasteiger partial charge in [-0.1, -0.05) is 28.1 Å². The van der Waals surface area contributed by atoms with Crippen LogP contribution < -0.4 is 0 Å². The first kappa shape index (κ1) is 12.7. The third-order valence-electron chi connectivity index (χ3n) is 2.80. The highest BCUT2D eigenvalue weighted by molar-refractivity contribution is 9.10. The van der Waals surface area contributed by atoms with E-state index in [1.807, 2.05) is 0 Å². The zero-order valence-electron chi connectivity index (χ0n) is 9.40. The van der Waals surface area contributed by atoms with Gasteiger partial charge in [-0.15, -0.1) is 34.3 Å². The van der Waals surface area contributed by atoms with Gasteiger partial charge in [0.1, 0.15) is 0 Å². The fourth-order valence-corrected chi connectivity index (χ4v) is 4.60. The van der Waals surface area contributed by atoms with E-state index in [9.17, 15) is 0 Å². The van der Waals surface area contributed by atoms with Gasteiger partial charge in [0, 0.05) is 18.7 Å². The van der Waals surface area contributed by atoms with Crippen LogP contribution in [0, 0.1) is 0 Å². The minimum atomic E-state index is 0.0655. The van der Waals surface area contributed by atoms with E-state index in [1.165, 1.54) is 19.8 Å². The van der Waals surface area contributed by atoms with Gasteiger partial charge in [0.15, 0.2) is 0 Å². The molecule has 0 aliphatic rings. The Hall–Kier alpha value is -0.350. The molecular formula is C14H10BrClS2. The molecule has 3 aromatic rings. The zero-order chi connectivity index (χ0) is 12.5. The Morgan fingerprint density at radius 1 is 1.11 bits per heavy atom. The van der Waals surface area contributed by atoms with Gasteiger partial charge in [0.25, 0.3) is 0 Å². The molecule has 0 fully saturated rings. The normalized spacial score (nSPS) is 13.0. The van der Waals surface area contributed by atoms with Gasteiger partial charge >= 0.3 is 0 Å². The van der Waals surface area contributed by atoms with Gasteiger partial charge < -0.3 is 0 Å². The van der Waals surface area contributed by atoms with E-state index < -0.39 is 0 Å². The van der Waals surface area contributed by atoms with E-state index in [4.69, 9.17) is 11.6 Å². The Morgan fingerprint density at radius 3 is 2.61 bits per heavy atom. The summed E-state index contributed by atoms with van der Waals surface area (Å²) in [4.78, 5) is 1.27. The number of alkyl halides is 1. The lowest BCUT2D eigenvalue weighted by Gasteiger charge is -2.07. The highest BCUT2D eigenvalue weighted by atomic mass is 79.9. The molecule has 4 heteroatoms. The Balaban J connectivity index is 1.80. The predicted octanol–water partition coefficient (Wildman–Crippen LogP) is 6.25. The molecule has 0 saturated carbocycles. The average molecular weight is 358 g/mol. The van der Waals surface area contributed by atoms with Gasteiger partial charge in [0.05, 0.1) is 5.38 Å². The summed E-state index contributed by atoms with van der Waals surface area (Å²) >= 11 is 13.5. The molecule has 0 saturated heterocycles.